The van der Waals surface area contributed by atoms with E-state index < -0.39 is 10.0 Å². The van der Waals surface area contributed by atoms with Crippen LogP contribution < -0.4 is 5.32 Å². The van der Waals surface area contributed by atoms with Crippen LogP contribution in [0.25, 0.3) is 10.9 Å². The molecular weight excluding hydrogens is 426 g/mol. The topological polar surface area (TPSA) is 77.9 Å². The van der Waals surface area contributed by atoms with E-state index in [1.54, 1.807) is 24.3 Å². The fraction of sp³-hybridized carbons (Fsp3) is 0.609. The van der Waals surface area contributed by atoms with E-state index in [1.165, 1.54) is 31.4 Å². The van der Waals surface area contributed by atoms with E-state index in [0.717, 1.165) is 50.0 Å². The molecule has 1 amide bonds. The normalized spacial score (nSPS) is 16.2. The number of nitrogens with one attached hydrogen (secondary N) is 1. The van der Waals surface area contributed by atoms with Crippen molar-refractivity contribution in [3.8, 4) is 0 Å². The van der Waals surface area contributed by atoms with Crippen LogP contribution in [0.2, 0.25) is 0 Å². The molecule has 0 aliphatic carbocycles. The maximum absolute atomic E-state index is 12.9. The monoisotopic (exact) mass is 463 g/mol. The molecule has 1 fully saturated rings. The van der Waals surface area contributed by atoms with Gasteiger partial charge in [0.1, 0.15) is 5.69 Å². The Morgan fingerprint density at radius 2 is 1.69 bits per heavy atom. The molecule has 2 heterocycles. The maximum atomic E-state index is 12.9. The lowest BCUT2D eigenvalue weighted by Crippen LogP contribution is -2.47. The third kappa shape index (κ3) is 5.51. The summed E-state index contributed by atoms with van der Waals surface area (Å²) in [7, 11) is -0.489. The molecule has 0 spiro atoms. The second kappa shape index (κ2) is 10.8. The van der Waals surface area contributed by atoms with Gasteiger partial charge < -0.3 is 19.7 Å². The van der Waals surface area contributed by atoms with Gasteiger partial charge in [0.2, 0.25) is 10.0 Å². The summed E-state index contributed by atoms with van der Waals surface area (Å²) in [5.74, 6) is -0.118. The number of fused-ring (bicyclic) bond motifs is 1. The van der Waals surface area contributed by atoms with Crippen LogP contribution in [0, 0.1) is 0 Å². The zero-order chi connectivity index (χ0) is 23.3. The number of aryl methyl sites for hydroxylation is 1. The van der Waals surface area contributed by atoms with Gasteiger partial charge in [0.25, 0.3) is 5.91 Å². The average molecular weight is 464 g/mol. The van der Waals surface area contributed by atoms with Crippen LogP contribution in [0.3, 0.4) is 0 Å². The Labute approximate surface area is 192 Å². The quantitative estimate of drug-likeness (QED) is 0.546. The molecule has 1 aromatic carbocycles. The van der Waals surface area contributed by atoms with Gasteiger partial charge in [-0.05, 0) is 57.1 Å². The minimum atomic E-state index is -3.52. The van der Waals surface area contributed by atoms with Crippen molar-refractivity contribution in [3.63, 3.8) is 0 Å². The molecule has 32 heavy (non-hydrogen) atoms. The van der Waals surface area contributed by atoms with Crippen molar-refractivity contribution in [3.05, 3.63) is 30.0 Å². The Morgan fingerprint density at radius 3 is 2.28 bits per heavy atom. The Balaban J connectivity index is 1.60. The van der Waals surface area contributed by atoms with Gasteiger partial charge in [-0.15, -0.1) is 0 Å². The number of hydrogen-bond acceptors (Lipinski definition) is 5. The summed E-state index contributed by atoms with van der Waals surface area (Å²) >= 11 is 0. The highest BCUT2D eigenvalue weighted by Gasteiger charge is 2.21. The summed E-state index contributed by atoms with van der Waals surface area (Å²) in [6.07, 6.45) is 2.12. The van der Waals surface area contributed by atoms with E-state index >= 15 is 0 Å². The van der Waals surface area contributed by atoms with E-state index in [0.29, 0.717) is 18.8 Å². The molecule has 0 saturated carbocycles. The number of nitrogens with zero attached hydrogens (tertiary/aromatic N) is 4. The van der Waals surface area contributed by atoms with Crippen molar-refractivity contribution >= 4 is 26.8 Å². The highest BCUT2D eigenvalue weighted by atomic mass is 32.2. The minimum absolute atomic E-state index is 0.118. The third-order valence-electron chi connectivity index (χ3n) is 6.14. The Hall–Kier alpha value is -1.94. The molecule has 1 aliphatic heterocycles. The predicted molar refractivity (Wildman–Crippen MR) is 129 cm³/mol. The van der Waals surface area contributed by atoms with Crippen LogP contribution in [0.15, 0.2) is 29.2 Å². The summed E-state index contributed by atoms with van der Waals surface area (Å²) in [5, 5.41) is 3.80. The number of carbonyl (C=O) groups is 1. The van der Waals surface area contributed by atoms with Crippen molar-refractivity contribution < 1.29 is 13.2 Å². The van der Waals surface area contributed by atoms with Crippen molar-refractivity contribution in [2.24, 2.45) is 0 Å². The van der Waals surface area contributed by atoms with Gasteiger partial charge in [0.05, 0.1) is 4.90 Å². The summed E-state index contributed by atoms with van der Waals surface area (Å²) in [4.78, 5) is 18.1. The molecule has 0 atom stereocenters. The highest BCUT2D eigenvalue weighted by molar-refractivity contribution is 7.89. The molecule has 8 nitrogen and oxygen atoms in total. The van der Waals surface area contributed by atoms with Gasteiger partial charge >= 0.3 is 0 Å². The summed E-state index contributed by atoms with van der Waals surface area (Å²) in [5.41, 5.74) is 1.43. The summed E-state index contributed by atoms with van der Waals surface area (Å²) in [6, 6.07) is 6.82. The largest absolute Gasteiger partial charge is 0.351 e. The number of piperazine rings is 1. The van der Waals surface area contributed by atoms with E-state index in [-0.39, 0.29) is 10.8 Å². The number of aromatic nitrogens is 1. The lowest BCUT2D eigenvalue weighted by Gasteiger charge is -2.34. The van der Waals surface area contributed by atoms with Crippen LogP contribution in [0.4, 0.5) is 0 Å². The van der Waals surface area contributed by atoms with E-state index in [4.69, 9.17) is 0 Å². The van der Waals surface area contributed by atoms with Gasteiger partial charge in [-0.2, -0.15) is 0 Å². The van der Waals surface area contributed by atoms with Gasteiger partial charge in [0, 0.05) is 64.3 Å². The highest BCUT2D eigenvalue weighted by Crippen LogP contribution is 2.24. The van der Waals surface area contributed by atoms with Crippen LogP contribution in [0.1, 0.15) is 37.2 Å². The lowest BCUT2D eigenvalue weighted by atomic mass is 10.2. The first kappa shape index (κ1) is 24.7. The molecule has 0 unspecified atom stereocenters. The van der Waals surface area contributed by atoms with E-state index in [1.807, 2.05) is 11.5 Å². The maximum Gasteiger partial charge on any atom is 0.267 e. The molecule has 0 radical (unpaired) electrons. The average Bonchev–Trinajstić information content (AvgIpc) is 3.15. The molecule has 2 aromatic rings. The molecule has 3 rings (SSSR count). The third-order valence-corrected chi connectivity index (χ3v) is 7.95. The summed E-state index contributed by atoms with van der Waals surface area (Å²) < 4.78 is 28.0. The standard InChI is InChI=1S/C23H37N5O3S/c1-5-11-26-13-15-27(16-14-26)12-7-10-24-23(29)22-18-19-17-20(32(30,31)25(3)4)8-9-21(19)28(22)6-2/h8-9,17-18H,5-7,10-16H2,1-4H3,(H,24,29). The van der Waals surface area contributed by atoms with Gasteiger partial charge in [0.15, 0.2) is 0 Å². The Morgan fingerprint density at radius 1 is 1.03 bits per heavy atom. The van der Waals surface area contributed by atoms with E-state index in [9.17, 15) is 13.2 Å². The second-order valence-electron chi connectivity index (χ2n) is 8.57. The SMILES string of the molecule is CCCN1CCN(CCCNC(=O)c2cc3cc(S(=O)(=O)N(C)C)ccc3n2CC)CC1. The van der Waals surface area contributed by atoms with Crippen molar-refractivity contribution in [2.75, 3.05) is 59.9 Å². The Kier molecular flexibility index (Phi) is 8.32. The second-order valence-corrected chi connectivity index (χ2v) is 10.7. The van der Waals surface area contributed by atoms with Crippen LogP contribution in [0.5, 0.6) is 0 Å². The summed E-state index contributed by atoms with van der Waals surface area (Å²) in [6.45, 7) is 12.1. The molecular formula is C23H37N5O3S. The van der Waals surface area contributed by atoms with Crippen molar-refractivity contribution in [1.82, 2.24) is 24.0 Å². The Bertz CT molecular complexity index is 1020. The first-order chi connectivity index (χ1) is 15.3. The lowest BCUT2D eigenvalue weighted by molar-refractivity contribution is 0.0939. The number of sulfonamides is 1. The number of benzene rings is 1. The van der Waals surface area contributed by atoms with Gasteiger partial charge in [-0.1, -0.05) is 6.92 Å². The van der Waals surface area contributed by atoms with Gasteiger partial charge in [-0.25, -0.2) is 12.7 Å². The predicted octanol–water partition coefficient (Wildman–Crippen LogP) is 2.06. The van der Waals surface area contributed by atoms with Crippen LogP contribution in [-0.4, -0.2) is 92.9 Å². The van der Waals surface area contributed by atoms with Crippen LogP contribution in [-0.2, 0) is 16.6 Å². The van der Waals surface area contributed by atoms with Crippen molar-refractivity contribution in [1.29, 1.82) is 0 Å². The van der Waals surface area contributed by atoms with Crippen LogP contribution >= 0.6 is 0 Å². The molecule has 178 valence electrons. The number of carbonyl (C=O) groups excluding carboxylic acids is 1. The molecule has 1 N–H and O–H groups in total. The smallest absolute Gasteiger partial charge is 0.267 e. The first-order valence-electron chi connectivity index (χ1n) is 11.6. The molecule has 1 aromatic heterocycles. The number of amides is 1. The number of hydrogen-bond donors (Lipinski definition) is 1. The molecule has 9 heteroatoms. The van der Waals surface area contributed by atoms with Gasteiger partial charge in [-0.3, -0.25) is 4.79 Å². The fourth-order valence-electron chi connectivity index (χ4n) is 4.30. The zero-order valence-electron chi connectivity index (χ0n) is 19.8. The molecule has 1 aliphatic rings. The first-order valence-corrected chi connectivity index (χ1v) is 13.0. The molecule has 0 bridgehead atoms. The van der Waals surface area contributed by atoms with E-state index in [2.05, 4.69) is 22.0 Å². The van der Waals surface area contributed by atoms with Crippen molar-refractivity contribution in [2.45, 2.75) is 38.1 Å². The number of rotatable bonds is 10. The fourth-order valence-corrected chi connectivity index (χ4v) is 5.23. The zero-order valence-corrected chi connectivity index (χ0v) is 20.6. The molecule has 1 saturated heterocycles. The minimum Gasteiger partial charge on any atom is -0.351 e.